The number of nitrogens with one attached hydrogen (secondary N) is 1. The second kappa shape index (κ2) is 6.11. The summed E-state index contributed by atoms with van der Waals surface area (Å²) in [5.41, 5.74) is 4.16. The van der Waals surface area contributed by atoms with Crippen molar-refractivity contribution in [2.75, 3.05) is 11.9 Å². The predicted octanol–water partition coefficient (Wildman–Crippen LogP) is 3.79. The molecule has 0 saturated heterocycles. The fraction of sp³-hybridized carbons (Fsp3) is 0.357. The number of aryl methyl sites for hydroxylation is 1. The van der Waals surface area contributed by atoms with Gasteiger partial charge in [0, 0.05) is 12.2 Å². The van der Waals surface area contributed by atoms with E-state index in [2.05, 4.69) is 42.9 Å². The van der Waals surface area contributed by atoms with E-state index in [-0.39, 0.29) is 0 Å². The van der Waals surface area contributed by atoms with Crippen LogP contribution in [0.15, 0.2) is 41.5 Å². The van der Waals surface area contributed by atoms with Crippen LogP contribution >= 0.6 is 0 Å². The van der Waals surface area contributed by atoms with Gasteiger partial charge in [-0.15, -0.1) is 0 Å². The molecule has 1 aromatic carbocycles. The van der Waals surface area contributed by atoms with E-state index in [0.29, 0.717) is 0 Å². The Kier molecular flexibility index (Phi) is 4.77. The third-order valence-electron chi connectivity index (χ3n) is 2.36. The SMILES string of the molecule is C=C(Nc1ccc(C)cc1)/C(C)=N/CCC. The van der Waals surface area contributed by atoms with Crippen molar-refractivity contribution in [2.24, 2.45) is 4.99 Å². The zero-order valence-corrected chi connectivity index (χ0v) is 10.4. The van der Waals surface area contributed by atoms with Crippen LogP contribution in [0.25, 0.3) is 0 Å². The lowest BCUT2D eigenvalue weighted by Crippen LogP contribution is -2.07. The van der Waals surface area contributed by atoms with Gasteiger partial charge in [-0.2, -0.15) is 0 Å². The summed E-state index contributed by atoms with van der Waals surface area (Å²) in [5.74, 6) is 0. The molecule has 1 N–H and O–H groups in total. The van der Waals surface area contributed by atoms with Crippen molar-refractivity contribution >= 4 is 11.4 Å². The number of anilines is 1. The molecule has 0 unspecified atom stereocenters. The molecular formula is C14H20N2. The van der Waals surface area contributed by atoms with Crippen LogP contribution in [-0.4, -0.2) is 12.3 Å². The van der Waals surface area contributed by atoms with Crippen molar-refractivity contribution in [3.8, 4) is 0 Å². The van der Waals surface area contributed by atoms with Crippen LogP contribution in [0.5, 0.6) is 0 Å². The zero-order chi connectivity index (χ0) is 12.0. The van der Waals surface area contributed by atoms with Crippen LogP contribution in [0.1, 0.15) is 25.8 Å². The standard InChI is InChI=1S/C14H20N2/c1-5-10-15-12(3)13(4)16-14-8-6-11(2)7-9-14/h6-9,16H,4-5,10H2,1-3H3/b15-12+. The molecule has 1 rings (SSSR count). The highest BCUT2D eigenvalue weighted by Gasteiger charge is 1.98. The van der Waals surface area contributed by atoms with Crippen LogP contribution in [-0.2, 0) is 0 Å². The first-order chi connectivity index (χ1) is 7.63. The number of nitrogens with zero attached hydrogens (tertiary/aromatic N) is 1. The van der Waals surface area contributed by atoms with Crippen molar-refractivity contribution < 1.29 is 0 Å². The predicted molar refractivity (Wildman–Crippen MR) is 72.2 cm³/mol. The van der Waals surface area contributed by atoms with Gasteiger partial charge < -0.3 is 5.32 Å². The van der Waals surface area contributed by atoms with Gasteiger partial charge in [0.05, 0.1) is 11.4 Å². The summed E-state index contributed by atoms with van der Waals surface area (Å²) in [6.45, 7) is 11.0. The number of rotatable bonds is 5. The number of hydrogen-bond acceptors (Lipinski definition) is 2. The topological polar surface area (TPSA) is 24.4 Å². The van der Waals surface area contributed by atoms with E-state index in [9.17, 15) is 0 Å². The third-order valence-corrected chi connectivity index (χ3v) is 2.36. The minimum Gasteiger partial charge on any atom is -0.355 e. The van der Waals surface area contributed by atoms with Crippen LogP contribution in [0.3, 0.4) is 0 Å². The molecular weight excluding hydrogens is 196 g/mol. The molecule has 0 aromatic heterocycles. The summed E-state index contributed by atoms with van der Waals surface area (Å²) >= 11 is 0. The van der Waals surface area contributed by atoms with Crippen molar-refractivity contribution in [1.82, 2.24) is 0 Å². The molecule has 0 saturated carbocycles. The Bertz CT molecular complexity index is 374. The Labute approximate surface area is 98.1 Å². The van der Waals surface area contributed by atoms with E-state index in [1.807, 2.05) is 19.1 Å². The fourth-order valence-corrected chi connectivity index (χ4v) is 1.28. The lowest BCUT2D eigenvalue weighted by atomic mass is 10.2. The van der Waals surface area contributed by atoms with Crippen molar-refractivity contribution in [2.45, 2.75) is 27.2 Å². The van der Waals surface area contributed by atoms with Crippen LogP contribution < -0.4 is 5.32 Å². The first kappa shape index (κ1) is 12.5. The fourth-order valence-electron chi connectivity index (χ4n) is 1.28. The Hall–Kier alpha value is -1.57. The molecule has 0 spiro atoms. The maximum Gasteiger partial charge on any atom is 0.0545 e. The van der Waals surface area contributed by atoms with Gasteiger partial charge in [-0.25, -0.2) is 0 Å². The first-order valence-corrected chi connectivity index (χ1v) is 5.67. The number of allylic oxidation sites excluding steroid dienone is 1. The molecule has 0 aliphatic heterocycles. The lowest BCUT2D eigenvalue weighted by Gasteiger charge is -2.09. The molecule has 0 radical (unpaired) electrons. The molecule has 0 atom stereocenters. The lowest BCUT2D eigenvalue weighted by molar-refractivity contribution is 0.931. The Morgan fingerprint density at radius 1 is 1.31 bits per heavy atom. The Morgan fingerprint density at radius 3 is 2.50 bits per heavy atom. The van der Waals surface area contributed by atoms with Gasteiger partial charge in [0.15, 0.2) is 0 Å². The van der Waals surface area contributed by atoms with Crippen molar-refractivity contribution in [1.29, 1.82) is 0 Å². The molecule has 1 aromatic rings. The summed E-state index contributed by atoms with van der Waals surface area (Å²) in [4.78, 5) is 4.41. The number of benzene rings is 1. The molecule has 0 heterocycles. The maximum absolute atomic E-state index is 4.41. The van der Waals surface area contributed by atoms with E-state index >= 15 is 0 Å². The molecule has 16 heavy (non-hydrogen) atoms. The molecule has 2 nitrogen and oxygen atoms in total. The summed E-state index contributed by atoms with van der Waals surface area (Å²) < 4.78 is 0. The molecule has 0 fully saturated rings. The summed E-state index contributed by atoms with van der Waals surface area (Å²) in [6, 6.07) is 8.25. The average Bonchev–Trinajstić information content (AvgIpc) is 2.29. The smallest absolute Gasteiger partial charge is 0.0545 e. The monoisotopic (exact) mass is 216 g/mol. The van der Waals surface area contributed by atoms with Crippen molar-refractivity contribution in [3.05, 3.63) is 42.1 Å². The normalized spacial score (nSPS) is 11.3. The van der Waals surface area contributed by atoms with Crippen molar-refractivity contribution in [3.63, 3.8) is 0 Å². The maximum atomic E-state index is 4.41. The Morgan fingerprint density at radius 2 is 1.94 bits per heavy atom. The molecule has 0 aliphatic carbocycles. The quantitative estimate of drug-likeness (QED) is 0.744. The molecule has 0 bridgehead atoms. The van der Waals surface area contributed by atoms with Gasteiger partial charge in [0.25, 0.3) is 0 Å². The van der Waals surface area contributed by atoms with Crippen LogP contribution in [0.2, 0.25) is 0 Å². The van der Waals surface area contributed by atoms with Gasteiger partial charge in [-0.1, -0.05) is 31.2 Å². The first-order valence-electron chi connectivity index (χ1n) is 5.67. The Balaban J connectivity index is 2.60. The van der Waals surface area contributed by atoms with Gasteiger partial charge in [-0.3, -0.25) is 4.99 Å². The van der Waals surface area contributed by atoms with E-state index < -0.39 is 0 Å². The zero-order valence-electron chi connectivity index (χ0n) is 10.4. The highest BCUT2D eigenvalue weighted by atomic mass is 14.9. The third kappa shape index (κ3) is 3.89. The van der Waals surface area contributed by atoms with Gasteiger partial charge >= 0.3 is 0 Å². The molecule has 86 valence electrons. The van der Waals surface area contributed by atoms with E-state index in [1.165, 1.54) is 5.56 Å². The molecule has 0 amide bonds. The summed E-state index contributed by atoms with van der Waals surface area (Å²) in [5, 5.41) is 3.25. The van der Waals surface area contributed by atoms with Crippen LogP contribution in [0.4, 0.5) is 5.69 Å². The number of hydrogen-bond donors (Lipinski definition) is 1. The van der Waals surface area contributed by atoms with E-state index in [1.54, 1.807) is 0 Å². The highest BCUT2D eigenvalue weighted by Crippen LogP contribution is 2.11. The van der Waals surface area contributed by atoms with Gasteiger partial charge in [0.1, 0.15) is 0 Å². The highest BCUT2D eigenvalue weighted by molar-refractivity contribution is 6.00. The van der Waals surface area contributed by atoms with Crippen LogP contribution in [0, 0.1) is 6.92 Å². The summed E-state index contributed by atoms with van der Waals surface area (Å²) in [6.07, 6.45) is 1.06. The van der Waals surface area contributed by atoms with Gasteiger partial charge in [0.2, 0.25) is 0 Å². The largest absolute Gasteiger partial charge is 0.355 e. The second-order valence-electron chi connectivity index (χ2n) is 3.94. The minimum atomic E-state index is 0.862. The second-order valence-corrected chi connectivity index (χ2v) is 3.94. The van der Waals surface area contributed by atoms with Gasteiger partial charge in [-0.05, 0) is 32.4 Å². The molecule has 0 aliphatic rings. The average molecular weight is 216 g/mol. The number of aliphatic imine (C=N–C) groups is 1. The van der Waals surface area contributed by atoms with E-state index in [0.717, 1.165) is 30.1 Å². The van der Waals surface area contributed by atoms with E-state index in [4.69, 9.17) is 0 Å². The minimum absolute atomic E-state index is 0.862. The summed E-state index contributed by atoms with van der Waals surface area (Å²) in [7, 11) is 0. The molecule has 2 heteroatoms.